The molecule has 4 nitrogen and oxygen atoms in total. The number of hydrogen-bond acceptors (Lipinski definition) is 3. The molecule has 1 amide bonds. The van der Waals surface area contributed by atoms with Crippen LogP contribution in [0.25, 0.3) is 0 Å². The number of amides is 1. The smallest absolute Gasteiger partial charge is 0.333 e. The molecule has 1 aliphatic rings. The molecule has 0 bridgehead atoms. The molecule has 20 heavy (non-hydrogen) atoms. The highest BCUT2D eigenvalue weighted by Gasteiger charge is 2.22. The van der Waals surface area contributed by atoms with Gasteiger partial charge in [-0.3, -0.25) is 4.79 Å². The lowest BCUT2D eigenvalue weighted by atomic mass is 10.1. The van der Waals surface area contributed by atoms with Crippen molar-refractivity contribution in [2.45, 2.75) is 13.0 Å². The molecule has 0 N–H and O–H groups in total. The standard InChI is InChI=1S/C14H13ClFNO3/c1-20-14(19)10-4-5-17(13(18)7-10)8-9-2-3-12(16)11(15)6-9/h2-3,6-7H,4-5,8H2,1H3. The molecule has 0 unspecified atom stereocenters. The van der Waals surface area contributed by atoms with E-state index in [0.29, 0.717) is 25.1 Å². The van der Waals surface area contributed by atoms with E-state index in [4.69, 9.17) is 11.6 Å². The first-order chi connectivity index (χ1) is 9.51. The van der Waals surface area contributed by atoms with E-state index < -0.39 is 11.8 Å². The second-order valence-corrected chi connectivity index (χ2v) is 4.83. The van der Waals surface area contributed by atoms with Crippen molar-refractivity contribution in [1.82, 2.24) is 4.90 Å². The molecule has 1 aromatic rings. The number of carbonyl (C=O) groups is 2. The minimum absolute atomic E-state index is 0.0257. The van der Waals surface area contributed by atoms with Gasteiger partial charge in [0.15, 0.2) is 0 Å². The number of ether oxygens (including phenoxy) is 1. The van der Waals surface area contributed by atoms with Gasteiger partial charge in [-0.25, -0.2) is 9.18 Å². The van der Waals surface area contributed by atoms with Crippen LogP contribution in [0.1, 0.15) is 12.0 Å². The highest BCUT2D eigenvalue weighted by atomic mass is 35.5. The van der Waals surface area contributed by atoms with Crippen molar-refractivity contribution in [2.75, 3.05) is 13.7 Å². The molecule has 1 heterocycles. The number of carbonyl (C=O) groups excluding carboxylic acids is 2. The van der Waals surface area contributed by atoms with Crippen LogP contribution in [0.2, 0.25) is 5.02 Å². The zero-order valence-electron chi connectivity index (χ0n) is 10.9. The van der Waals surface area contributed by atoms with Crippen LogP contribution in [0.5, 0.6) is 0 Å². The molecular weight excluding hydrogens is 285 g/mol. The Morgan fingerprint density at radius 2 is 2.25 bits per heavy atom. The van der Waals surface area contributed by atoms with Crippen LogP contribution in [0.3, 0.4) is 0 Å². The summed E-state index contributed by atoms with van der Waals surface area (Å²) in [4.78, 5) is 24.8. The van der Waals surface area contributed by atoms with E-state index in [0.717, 1.165) is 5.56 Å². The molecule has 0 radical (unpaired) electrons. The van der Waals surface area contributed by atoms with E-state index in [1.165, 1.54) is 25.3 Å². The van der Waals surface area contributed by atoms with Crippen LogP contribution in [0.4, 0.5) is 4.39 Å². The van der Waals surface area contributed by atoms with Crippen LogP contribution in [0.15, 0.2) is 29.8 Å². The first-order valence-electron chi connectivity index (χ1n) is 6.03. The first kappa shape index (κ1) is 14.5. The maximum Gasteiger partial charge on any atom is 0.333 e. The topological polar surface area (TPSA) is 46.6 Å². The van der Waals surface area contributed by atoms with Crippen molar-refractivity contribution in [3.8, 4) is 0 Å². The zero-order chi connectivity index (χ0) is 14.7. The van der Waals surface area contributed by atoms with Crippen LogP contribution >= 0.6 is 11.6 Å². The first-order valence-corrected chi connectivity index (χ1v) is 6.41. The fourth-order valence-electron chi connectivity index (χ4n) is 1.99. The average molecular weight is 298 g/mol. The van der Waals surface area contributed by atoms with Gasteiger partial charge >= 0.3 is 5.97 Å². The van der Waals surface area contributed by atoms with E-state index in [2.05, 4.69) is 4.74 Å². The summed E-state index contributed by atoms with van der Waals surface area (Å²) in [6.45, 7) is 0.735. The zero-order valence-corrected chi connectivity index (χ0v) is 11.6. The monoisotopic (exact) mass is 297 g/mol. The second-order valence-electron chi connectivity index (χ2n) is 4.42. The molecule has 0 fully saturated rings. The third kappa shape index (κ3) is 3.17. The SMILES string of the molecule is COC(=O)C1=CC(=O)N(Cc2ccc(F)c(Cl)c2)CC1. The van der Waals surface area contributed by atoms with Crippen molar-refractivity contribution in [3.05, 3.63) is 46.3 Å². The number of rotatable bonds is 3. The summed E-state index contributed by atoms with van der Waals surface area (Å²) in [6, 6.07) is 4.33. The molecule has 0 saturated carbocycles. The summed E-state index contributed by atoms with van der Waals surface area (Å²) in [5.74, 6) is -1.24. The minimum Gasteiger partial charge on any atom is -0.466 e. The summed E-state index contributed by atoms with van der Waals surface area (Å²) in [6.07, 6.45) is 1.72. The van der Waals surface area contributed by atoms with Gasteiger partial charge in [0.1, 0.15) is 5.82 Å². The predicted molar refractivity (Wildman–Crippen MR) is 71.5 cm³/mol. The van der Waals surface area contributed by atoms with Gasteiger partial charge in [-0.15, -0.1) is 0 Å². The largest absolute Gasteiger partial charge is 0.466 e. The van der Waals surface area contributed by atoms with E-state index in [1.54, 1.807) is 11.0 Å². The van der Waals surface area contributed by atoms with Gasteiger partial charge in [0.25, 0.3) is 0 Å². The Morgan fingerprint density at radius 3 is 2.85 bits per heavy atom. The number of esters is 1. The average Bonchev–Trinajstić information content (AvgIpc) is 2.44. The summed E-state index contributed by atoms with van der Waals surface area (Å²) < 4.78 is 17.6. The summed E-state index contributed by atoms with van der Waals surface area (Å²) >= 11 is 5.70. The molecule has 1 aliphatic heterocycles. The van der Waals surface area contributed by atoms with Gasteiger partial charge in [0, 0.05) is 24.7 Å². The van der Waals surface area contributed by atoms with E-state index in [-0.39, 0.29) is 10.9 Å². The highest BCUT2D eigenvalue weighted by Crippen LogP contribution is 2.20. The van der Waals surface area contributed by atoms with Gasteiger partial charge in [-0.05, 0) is 24.1 Å². The number of benzene rings is 1. The Balaban J connectivity index is 2.08. The van der Waals surface area contributed by atoms with Crippen molar-refractivity contribution in [3.63, 3.8) is 0 Å². The number of methoxy groups -OCH3 is 1. The normalized spacial score (nSPS) is 15.1. The van der Waals surface area contributed by atoms with Crippen molar-refractivity contribution >= 4 is 23.5 Å². The van der Waals surface area contributed by atoms with Gasteiger partial charge in [-0.2, -0.15) is 0 Å². The maximum atomic E-state index is 13.1. The van der Waals surface area contributed by atoms with E-state index >= 15 is 0 Å². The fraction of sp³-hybridized carbons (Fsp3) is 0.286. The van der Waals surface area contributed by atoms with Gasteiger partial charge < -0.3 is 9.64 Å². The van der Waals surface area contributed by atoms with Gasteiger partial charge in [0.2, 0.25) is 5.91 Å². The lowest BCUT2D eigenvalue weighted by molar-refractivity contribution is -0.137. The molecule has 1 aromatic carbocycles. The third-order valence-corrected chi connectivity index (χ3v) is 3.36. The van der Waals surface area contributed by atoms with Crippen LogP contribution < -0.4 is 0 Å². The molecule has 0 saturated heterocycles. The lowest BCUT2D eigenvalue weighted by Crippen LogP contribution is -2.34. The van der Waals surface area contributed by atoms with E-state index in [1.807, 2.05) is 0 Å². The Hall–Kier alpha value is -1.88. The Kier molecular flexibility index (Phi) is 4.39. The second kappa shape index (κ2) is 6.05. The Bertz CT molecular complexity index is 586. The van der Waals surface area contributed by atoms with Crippen molar-refractivity contribution < 1.29 is 18.7 Å². The van der Waals surface area contributed by atoms with Gasteiger partial charge in [-0.1, -0.05) is 17.7 Å². The number of nitrogens with zero attached hydrogens (tertiary/aromatic N) is 1. The number of hydrogen-bond donors (Lipinski definition) is 0. The Morgan fingerprint density at radius 1 is 1.50 bits per heavy atom. The molecule has 0 aromatic heterocycles. The maximum absolute atomic E-state index is 13.1. The molecule has 2 rings (SSSR count). The summed E-state index contributed by atoms with van der Waals surface area (Å²) in [5, 5.41) is 0.0257. The molecule has 0 atom stereocenters. The molecular formula is C14H13ClFNO3. The quantitative estimate of drug-likeness (QED) is 0.804. The molecule has 0 aliphatic carbocycles. The third-order valence-electron chi connectivity index (χ3n) is 3.07. The summed E-state index contributed by atoms with van der Waals surface area (Å²) in [7, 11) is 1.28. The minimum atomic E-state index is -0.492. The van der Waals surface area contributed by atoms with Gasteiger partial charge in [0.05, 0.1) is 12.1 Å². The number of halogens is 2. The van der Waals surface area contributed by atoms with E-state index in [9.17, 15) is 14.0 Å². The highest BCUT2D eigenvalue weighted by molar-refractivity contribution is 6.30. The van der Waals surface area contributed by atoms with Crippen molar-refractivity contribution in [2.24, 2.45) is 0 Å². The Labute approximate surface area is 120 Å². The van der Waals surface area contributed by atoms with Crippen LogP contribution in [-0.2, 0) is 20.9 Å². The summed E-state index contributed by atoms with van der Waals surface area (Å²) in [5.41, 5.74) is 1.10. The molecule has 6 heteroatoms. The van der Waals surface area contributed by atoms with Crippen LogP contribution in [0, 0.1) is 5.82 Å². The fourth-order valence-corrected chi connectivity index (χ4v) is 2.19. The lowest BCUT2D eigenvalue weighted by Gasteiger charge is -2.25. The predicted octanol–water partition coefficient (Wildman–Crippen LogP) is 2.31. The molecule has 106 valence electrons. The van der Waals surface area contributed by atoms with Crippen molar-refractivity contribution in [1.29, 1.82) is 0 Å². The van der Waals surface area contributed by atoms with Crippen LogP contribution in [-0.4, -0.2) is 30.4 Å². The molecule has 0 spiro atoms.